The second kappa shape index (κ2) is 6.15. The SMILES string of the molecule is CCOC(=O)C(N)CC(=O)c1ccc(C)cc1. The zero-order chi connectivity index (χ0) is 12.8. The lowest BCUT2D eigenvalue weighted by Gasteiger charge is -2.09. The number of hydrogen-bond acceptors (Lipinski definition) is 4. The first-order valence-electron chi connectivity index (χ1n) is 5.56. The van der Waals surface area contributed by atoms with E-state index in [4.69, 9.17) is 10.5 Å². The Balaban J connectivity index is 2.60. The largest absolute Gasteiger partial charge is 0.465 e. The molecule has 1 aromatic rings. The fourth-order valence-electron chi connectivity index (χ4n) is 1.39. The Labute approximate surface area is 101 Å². The Morgan fingerprint density at radius 1 is 1.29 bits per heavy atom. The number of ether oxygens (including phenoxy) is 1. The van der Waals surface area contributed by atoms with Crippen LogP contribution in [0.25, 0.3) is 0 Å². The minimum absolute atomic E-state index is 0.0259. The molecule has 0 amide bonds. The molecule has 4 nitrogen and oxygen atoms in total. The van der Waals surface area contributed by atoms with Crippen molar-refractivity contribution in [1.29, 1.82) is 0 Å². The second-order valence-corrected chi connectivity index (χ2v) is 3.85. The third-order valence-electron chi connectivity index (χ3n) is 2.37. The maximum atomic E-state index is 11.8. The topological polar surface area (TPSA) is 69.4 Å². The van der Waals surface area contributed by atoms with Gasteiger partial charge in [0, 0.05) is 12.0 Å². The molecule has 0 aliphatic heterocycles. The van der Waals surface area contributed by atoms with E-state index in [-0.39, 0.29) is 18.8 Å². The van der Waals surface area contributed by atoms with Crippen LogP contribution in [0.4, 0.5) is 0 Å². The third-order valence-corrected chi connectivity index (χ3v) is 2.37. The van der Waals surface area contributed by atoms with Gasteiger partial charge >= 0.3 is 5.97 Å². The zero-order valence-corrected chi connectivity index (χ0v) is 10.1. The molecule has 0 bridgehead atoms. The summed E-state index contributed by atoms with van der Waals surface area (Å²) in [5, 5.41) is 0. The van der Waals surface area contributed by atoms with Crippen molar-refractivity contribution in [3.8, 4) is 0 Å². The van der Waals surface area contributed by atoms with Gasteiger partial charge in [-0.3, -0.25) is 9.59 Å². The summed E-state index contributed by atoms with van der Waals surface area (Å²) in [6, 6.07) is 6.28. The molecule has 0 aliphatic carbocycles. The Morgan fingerprint density at radius 2 is 1.88 bits per heavy atom. The van der Waals surface area contributed by atoms with Gasteiger partial charge in [0.1, 0.15) is 6.04 Å². The smallest absolute Gasteiger partial charge is 0.323 e. The molecule has 0 spiro atoms. The van der Waals surface area contributed by atoms with Crippen LogP contribution in [-0.2, 0) is 9.53 Å². The summed E-state index contributed by atoms with van der Waals surface area (Å²) in [7, 11) is 0. The molecule has 2 N–H and O–H groups in total. The molecule has 0 fully saturated rings. The highest BCUT2D eigenvalue weighted by molar-refractivity contribution is 5.98. The van der Waals surface area contributed by atoms with Gasteiger partial charge in [-0.2, -0.15) is 0 Å². The van der Waals surface area contributed by atoms with E-state index in [2.05, 4.69) is 0 Å². The summed E-state index contributed by atoms with van der Waals surface area (Å²) in [5.41, 5.74) is 7.22. The van der Waals surface area contributed by atoms with Crippen LogP contribution in [0, 0.1) is 6.92 Å². The van der Waals surface area contributed by atoms with Gasteiger partial charge in [0.25, 0.3) is 0 Å². The lowest BCUT2D eigenvalue weighted by atomic mass is 10.0. The van der Waals surface area contributed by atoms with E-state index in [1.165, 1.54) is 0 Å². The molecule has 4 heteroatoms. The monoisotopic (exact) mass is 235 g/mol. The van der Waals surface area contributed by atoms with Crippen molar-refractivity contribution in [2.24, 2.45) is 5.73 Å². The average molecular weight is 235 g/mol. The molecule has 92 valence electrons. The number of hydrogen-bond donors (Lipinski definition) is 1. The molecule has 0 saturated carbocycles. The van der Waals surface area contributed by atoms with Gasteiger partial charge in [-0.1, -0.05) is 29.8 Å². The quantitative estimate of drug-likeness (QED) is 0.619. The van der Waals surface area contributed by atoms with Crippen molar-refractivity contribution in [2.45, 2.75) is 26.3 Å². The van der Waals surface area contributed by atoms with Crippen LogP contribution >= 0.6 is 0 Å². The summed E-state index contributed by atoms with van der Waals surface area (Å²) in [6.07, 6.45) is -0.0259. The van der Waals surface area contributed by atoms with Gasteiger partial charge in [0.2, 0.25) is 0 Å². The van der Waals surface area contributed by atoms with Crippen LogP contribution in [-0.4, -0.2) is 24.4 Å². The number of Topliss-reactive ketones (excluding diaryl/α,β-unsaturated/α-hetero) is 1. The lowest BCUT2D eigenvalue weighted by molar-refractivity contribution is -0.144. The molecule has 1 aromatic carbocycles. The second-order valence-electron chi connectivity index (χ2n) is 3.85. The van der Waals surface area contributed by atoms with Crippen LogP contribution in [0.5, 0.6) is 0 Å². The molecular weight excluding hydrogens is 218 g/mol. The number of nitrogens with two attached hydrogens (primary N) is 1. The highest BCUT2D eigenvalue weighted by Gasteiger charge is 2.19. The number of carbonyl (C=O) groups is 2. The fraction of sp³-hybridized carbons (Fsp3) is 0.385. The molecule has 1 rings (SSSR count). The molecule has 0 aromatic heterocycles. The van der Waals surface area contributed by atoms with Gasteiger partial charge < -0.3 is 10.5 Å². The Hall–Kier alpha value is -1.68. The van der Waals surface area contributed by atoms with Crippen LogP contribution in [0.1, 0.15) is 29.3 Å². The summed E-state index contributed by atoms with van der Waals surface area (Å²) in [4.78, 5) is 23.1. The minimum Gasteiger partial charge on any atom is -0.465 e. The van der Waals surface area contributed by atoms with E-state index >= 15 is 0 Å². The Kier molecular flexibility index (Phi) is 4.84. The number of aryl methyl sites for hydroxylation is 1. The number of rotatable bonds is 5. The molecular formula is C13H17NO3. The lowest BCUT2D eigenvalue weighted by Crippen LogP contribution is -2.34. The summed E-state index contributed by atoms with van der Waals surface area (Å²) < 4.78 is 4.74. The summed E-state index contributed by atoms with van der Waals surface area (Å²) in [5.74, 6) is -0.682. The number of esters is 1. The molecule has 0 radical (unpaired) electrons. The maximum absolute atomic E-state index is 11.8. The van der Waals surface area contributed by atoms with Crippen LogP contribution in [0.2, 0.25) is 0 Å². The number of benzene rings is 1. The van der Waals surface area contributed by atoms with Gasteiger partial charge in [-0.05, 0) is 13.8 Å². The molecule has 1 atom stereocenters. The van der Waals surface area contributed by atoms with Crippen LogP contribution < -0.4 is 5.73 Å². The highest BCUT2D eigenvalue weighted by atomic mass is 16.5. The van der Waals surface area contributed by atoms with Crippen LogP contribution in [0.3, 0.4) is 0 Å². The van der Waals surface area contributed by atoms with Gasteiger partial charge in [-0.15, -0.1) is 0 Å². The zero-order valence-electron chi connectivity index (χ0n) is 10.1. The van der Waals surface area contributed by atoms with E-state index in [0.717, 1.165) is 5.56 Å². The average Bonchev–Trinajstić information content (AvgIpc) is 2.30. The Bertz CT molecular complexity index is 398. The van der Waals surface area contributed by atoms with E-state index < -0.39 is 12.0 Å². The molecule has 1 unspecified atom stereocenters. The summed E-state index contributed by atoms with van der Waals surface area (Å²) >= 11 is 0. The van der Waals surface area contributed by atoms with Gasteiger partial charge in [0.05, 0.1) is 6.61 Å². The van der Waals surface area contributed by atoms with Crippen molar-refractivity contribution >= 4 is 11.8 Å². The first kappa shape index (κ1) is 13.4. The fourth-order valence-corrected chi connectivity index (χ4v) is 1.39. The van der Waals surface area contributed by atoms with E-state index in [0.29, 0.717) is 5.56 Å². The number of carbonyl (C=O) groups excluding carboxylic acids is 2. The van der Waals surface area contributed by atoms with E-state index in [1.54, 1.807) is 19.1 Å². The first-order valence-corrected chi connectivity index (χ1v) is 5.56. The van der Waals surface area contributed by atoms with E-state index in [1.807, 2.05) is 19.1 Å². The van der Waals surface area contributed by atoms with Crippen LogP contribution in [0.15, 0.2) is 24.3 Å². The van der Waals surface area contributed by atoms with Crippen molar-refractivity contribution in [3.05, 3.63) is 35.4 Å². The predicted octanol–water partition coefficient (Wildman–Crippen LogP) is 1.46. The molecule has 0 saturated heterocycles. The highest BCUT2D eigenvalue weighted by Crippen LogP contribution is 2.07. The summed E-state index contributed by atoms with van der Waals surface area (Å²) in [6.45, 7) is 3.91. The van der Waals surface area contributed by atoms with Crippen molar-refractivity contribution in [2.75, 3.05) is 6.61 Å². The first-order chi connectivity index (χ1) is 8.04. The van der Waals surface area contributed by atoms with Gasteiger partial charge in [-0.25, -0.2) is 0 Å². The van der Waals surface area contributed by atoms with E-state index in [9.17, 15) is 9.59 Å². The molecule has 0 aliphatic rings. The minimum atomic E-state index is -0.885. The normalized spacial score (nSPS) is 11.9. The predicted molar refractivity (Wildman–Crippen MR) is 64.7 cm³/mol. The maximum Gasteiger partial charge on any atom is 0.323 e. The van der Waals surface area contributed by atoms with Crippen molar-refractivity contribution in [1.82, 2.24) is 0 Å². The molecule has 17 heavy (non-hydrogen) atoms. The van der Waals surface area contributed by atoms with Gasteiger partial charge in [0.15, 0.2) is 5.78 Å². The molecule has 0 heterocycles. The Morgan fingerprint density at radius 3 is 2.41 bits per heavy atom. The standard InChI is InChI=1S/C13H17NO3/c1-3-17-13(16)11(14)8-12(15)10-6-4-9(2)5-7-10/h4-7,11H,3,8,14H2,1-2H3. The van der Waals surface area contributed by atoms with Crippen molar-refractivity contribution < 1.29 is 14.3 Å². The van der Waals surface area contributed by atoms with Crippen molar-refractivity contribution in [3.63, 3.8) is 0 Å². The third kappa shape index (κ3) is 4.00. The number of ketones is 1.